The number of nitrogens with one attached hydrogen (secondary N) is 1. The topological polar surface area (TPSA) is 64.3 Å². The molecule has 0 saturated carbocycles. The van der Waals surface area contributed by atoms with E-state index in [9.17, 15) is 4.79 Å². The predicted molar refractivity (Wildman–Crippen MR) is 72.3 cm³/mol. The molecule has 0 aromatic heterocycles. The molecule has 3 N–H and O–H groups in total. The zero-order valence-corrected chi connectivity index (χ0v) is 11.5. The molecule has 0 aliphatic heterocycles. The summed E-state index contributed by atoms with van der Waals surface area (Å²) in [7, 11) is 1.61. The Morgan fingerprint density at radius 1 is 1.39 bits per heavy atom. The maximum atomic E-state index is 11.9. The van der Waals surface area contributed by atoms with Gasteiger partial charge < -0.3 is 15.8 Å². The second-order valence-electron chi connectivity index (χ2n) is 5.37. The first kappa shape index (κ1) is 14.5. The maximum absolute atomic E-state index is 11.9. The zero-order valence-electron chi connectivity index (χ0n) is 11.5. The molecule has 0 bridgehead atoms. The van der Waals surface area contributed by atoms with Crippen molar-refractivity contribution < 1.29 is 9.53 Å². The normalized spacial score (nSPS) is 12.9. The van der Waals surface area contributed by atoms with Gasteiger partial charge in [-0.25, -0.2) is 0 Å². The van der Waals surface area contributed by atoms with Crippen LogP contribution in [0.3, 0.4) is 0 Å². The van der Waals surface area contributed by atoms with Gasteiger partial charge in [-0.2, -0.15) is 0 Å². The average Bonchev–Trinajstić information content (AvgIpc) is 2.34. The van der Waals surface area contributed by atoms with Crippen molar-refractivity contribution in [2.75, 3.05) is 7.11 Å². The fourth-order valence-electron chi connectivity index (χ4n) is 1.53. The molecule has 1 rings (SSSR count). The monoisotopic (exact) mass is 250 g/mol. The van der Waals surface area contributed by atoms with Crippen LogP contribution < -0.4 is 15.8 Å². The van der Waals surface area contributed by atoms with Gasteiger partial charge in [0, 0.05) is 12.1 Å². The number of amides is 1. The molecule has 4 nitrogen and oxygen atoms in total. The summed E-state index contributed by atoms with van der Waals surface area (Å²) in [6, 6.07) is 7.07. The lowest BCUT2D eigenvalue weighted by atomic mass is 9.87. The summed E-state index contributed by atoms with van der Waals surface area (Å²) in [5.74, 6) is 0.621. The van der Waals surface area contributed by atoms with Crippen LogP contribution in [0.25, 0.3) is 0 Å². The number of benzene rings is 1. The summed E-state index contributed by atoms with van der Waals surface area (Å²) in [5.41, 5.74) is 6.58. The molecule has 1 atom stereocenters. The largest absolute Gasteiger partial charge is 0.496 e. The van der Waals surface area contributed by atoms with E-state index in [1.54, 1.807) is 7.11 Å². The number of carbonyl (C=O) groups excluding carboxylic acids is 1. The number of para-hydroxylation sites is 1. The zero-order chi connectivity index (χ0) is 13.8. The van der Waals surface area contributed by atoms with Crippen molar-refractivity contribution in [1.82, 2.24) is 5.32 Å². The van der Waals surface area contributed by atoms with Crippen LogP contribution in [0.5, 0.6) is 5.75 Å². The van der Waals surface area contributed by atoms with Crippen LogP contribution in [0.2, 0.25) is 0 Å². The Bertz CT molecular complexity index is 411. The highest BCUT2D eigenvalue weighted by molar-refractivity contribution is 5.82. The van der Waals surface area contributed by atoms with Gasteiger partial charge in [0.05, 0.1) is 13.2 Å². The van der Waals surface area contributed by atoms with Gasteiger partial charge in [0.25, 0.3) is 0 Å². The Morgan fingerprint density at radius 2 is 2.00 bits per heavy atom. The van der Waals surface area contributed by atoms with E-state index in [-0.39, 0.29) is 11.3 Å². The first-order chi connectivity index (χ1) is 8.36. The summed E-state index contributed by atoms with van der Waals surface area (Å²) in [4.78, 5) is 11.9. The molecule has 18 heavy (non-hydrogen) atoms. The Balaban J connectivity index is 2.63. The lowest BCUT2D eigenvalue weighted by Crippen LogP contribution is -2.48. The minimum absolute atomic E-state index is 0.145. The van der Waals surface area contributed by atoms with Gasteiger partial charge >= 0.3 is 0 Å². The van der Waals surface area contributed by atoms with E-state index in [2.05, 4.69) is 5.32 Å². The molecular weight excluding hydrogens is 228 g/mol. The SMILES string of the molecule is COc1ccccc1CNC(=O)[C@@H](N)C(C)(C)C. The molecule has 0 unspecified atom stereocenters. The standard InChI is InChI=1S/C14H22N2O2/c1-14(2,3)12(15)13(17)16-9-10-7-5-6-8-11(10)18-4/h5-8,12H,9,15H2,1-4H3,(H,16,17)/t12-/m1/s1. The summed E-state index contributed by atoms with van der Waals surface area (Å²) >= 11 is 0. The summed E-state index contributed by atoms with van der Waals surface area (Å²) in [6.07, 6.45) is 0. The molecule has 0 aliphatic carbocycles. The number of methoxy groups -OCH3 is 1. The van der Waals surface area contributed by atoms with E-state index in [0.717, 1.165) is 11.3 Å². The van der Waals surface area contributed by atoms with Gasteiger partial charge in [-0.3, -0.25) is 4.79 Å². The highest BCUT2D eigenvalue weighted by Crippen LogP contribution is 2.19. The van der Waals surface area contributed by atoms with E-state index in [1.165, 1.54) is 0 Å². The molecule has 1 aromatic carbocycles. The minimum atomic E-state index is -0.521. The van der Waals surface area contributed by atoms with Gasteiger partial charge in [-0.15, -0.1) is 0 Å². The van der Waals surface area contributed by atoms with E-state index in [4.69, 9.17) is 10.5 Å². The van der Waals surface area contributed by atoms with Gasteiger partial charge in [0.1, 0.15) is 5.75 Å². The van der Waals surface area contributed by atoms with Crippen LogP contribution in [0.4, 0.5) is 0 Å². The molecule has 0 fully saturated rings. The first-order valence-corrected chi connectivity index (χ1v) is 6.01. The predicted octanol–water partition coefficient (Wildman–Crippen LogP) is 1.68. The van der Waals surface area contributed by atoms with Crippen LogP contribution in [0, 0.1) is 5.41 Å². The van der Waals surface area contributed by atoms with Gasteiger partial charge in [0.15, 0.2) is 0 Å². The van der Waals surface area contributed by atoms with E-state index in [1.807, 2.05) is 45.0 Å². The van der Waals surface area contributed by atoms with E-state index in [0.29, 0.717) is 6.54 Å². The number of carbonyl (C=O) groups is 1. The molecule has 100 valence electrons. The second kappa shape index (κ2) is 5.87. The van der Waals surface area contributed by atoms with Gasteiger partial charge in [0.2, 0.25) is 5.91 Å². The third kappa shape index (κ3) is 3.74. The number of hydrogen-bond acceptors (Lipinski definition) is 3. The number of rotatable bonds is 4. The Morgan fingerprint density at radius 3 is 2.56 bits per heavy atom. The quantitative estimate of drug-likeness (QED) is 0.854. The summed E-state index contributed by atoms with van der Waals surface area (Å²) < 4.78 is 5.22. The molecule has 0 aliphatic rings. The third-order valence-electron chi connectivity index (χ3n) is 2.86. The Labute approximate surface area is 109 Å². The van der Waals surface area contributed by atoms with Crippen molar-refractivity contribution in [3.05, 3.63) is 29.8 Å². The molecular formula is C14H22N2O2. The van der Waals surface area contributed by atoms with Gasteiger partial charge in [-0.05, 0) is 11.5 Å². The molecule has 0 spiro atoms. The van der Waals surface area contributed by atoms with Crippen LogP contribution in [0.1, 0.15) is 26.3 Å². The van der Waals surface area contributed by atoms with Crippen LogP contribution in [-0.2, 0) is 11.3 Å². The molecule has 1 aromatic rings. The van der Waals surface area contributed by atoms with Crippen LogP contribution >= 0.6 is 0 Å². The van der Waals surface area contributed by atoms with Crippen molar-refractivity contribution >= 4 is 5.91 Å². The third-order valence-corrected chi connectivity index (χ3v) is 2.86. The maximum Gasteiger partial charge on any atom is 0.237 e. The fourth-order valence-corrected chi connectivity index (χ4v) is 1.53. The number of nitrogens with two attached hydrogens (primary N) is 1. The number of hydrogen-bond donors (Lipinski definition) is 2. The molecule has 4 heteroatoms. The molecule has 1 amide bonds. The number of ether oxygens (including phenoxy) is 1. The highest BCUT2D eigenvalue weighted by Gasteiger charge is 2.27. The molecule has 0 heterocycles. The Hall–Kier alpha value is -1.55. The van der Waals surface area contributed by atoms with Crippen LogP contribution in [-0.4, -0.2) is 19.1 Å². The first-order valence-electron chi connectivity index (χ1n) is 6.01. The van der Waals surface area contributed by atoms with Crippen molar-refractivity contribution in [3.8, 4) is 5.75 Å². The molecule has 0 radical (unpaired) electrons. The van der Waals surface area contributed by atoms with Crippen molar-refractivity contribution in [1.29, 1.82) is 0 Å². The fraction of sp³-hybridized carbons (Fsp3) is 0.500. The lowest BCUT2D eigenvalue weighted by Gasteiger charge is -2.25. The van der Waals surface area contributed by atoms with Gasteiger partial charge in [-0.1, -0.05) is 39.0 Å². The van der Waals surface area contributed by atoms with Crippen molar-refractivity contribution in [3.63, 3.8) is 0 Å². The van der Waals surface area contributed by atoms with E-state index >= 15 is 0 Å². The minimum Gasteiger partial charge on any atom is -0.496 e. The van der Waals surface area contributed by atoms with E-state index < -0.39 is 6.04 Å². The van der Waals surface area contributed by atoms with Crippen molar-refractivity contribution in [2.24, 2.45) is 11.1 Å². The van der Waals surface area contributed by atoms with Crippen molar-refractivity contribution in [2.45, 2.75) is 33.4 Å². The smallest absolute Gasteiger partial charge is 0.237 e. The Kier molecular flexibility index (Phi) is 4.73. The molecule has 0 saturated heterocycles. The highest BCUT2D eigenvalue weighted by atomic mass is 16.5. The second-order valence-corrected chi connectivity index (χ2v) is 5.37. The summed E-state index contributed by atoms with van der Waals surface area (Å²) in [6.45, 7) is 6.26. The average molecular weight is 250 g/mol. The lowest BCUT2D eigenvalue weighted by molar-refractivity contribution is -0.124. The van der Waals surface area contributed by atoms with Crippen LogP contribution in [0.15, 0.2) is 24.3 Å². The summed E-state index contributed by atoms with van der Waals surface area (Å²) in [5, 5.41) is 2.84.